The fourth-order valence-electron chi connectivity index (χ4n) is 1.49. The van der Waals surface area contributed by atoms with Crippen molar-refractivity contribution >= 4 is 5.82 Å². The number of methoxy groups -OCH3 is 1. The van der Waals surface area contributed by atoms with Gasteiger partial charge in [0.15, 0.2) is 0 Å². The number of alkyl halides is 3. The lowest BCUT2D eigenvalue weighted by Crippen LogP contribution is -2.28. The molecular weight excluding hydrogens is 247 g/mol. The lowest BCUT2D eigenvalue weighted by atomic mass is 10.2. The molecule has 0 aromatic carbocycles. The number of anilines is 1. The highest BCUT2D eigenvalue weighted by molar-refractivity contribution is 5.39. The van der Waals surface area contributed by atoms with Crippen molar-refractivity contribution in [3.63, 3.8) is 0 Å². The number of nitrogens with zero attached hydrogens (tertiary/aromatic N) is 1. The smallest absolute Gasteiger partial charge is 0.383 e. The van der Waals surface area contributed by atoms with Crippen molar-refractivity contribution in [3.8, 4) is 0 Å². The van der Waals surface area contributed by atoms with Gasteiger partial charge in [-0.1, -0.05) is 0 Å². The van der Waals surface area contributed by atoms with Gasteiger partial charge in [0.25, 0.3) is 0 Å². The molecule has 1 aromatic rings. The standard InChI is InChI=1S/C11H16F3N3O/c1-18-7-9(2-4-15)17-10-6-8(3-5-16-10)11(12,13)14/h3,5-6,9H,2,4,7,15H2,1H3,(H,16,17). The highest BCUT2D eigenvalue weighted by Gasteiger charge is 2.30. The molecule has 0 spiro atoms. The molecule has 0 saturated heterocycles. The van der Waals surface area contributed by atoms with Crippen molar-refractivity contribution in [2.24, 2.45) is 5.73 Å². The summed E-state index contributed by atoms with van der Waals surface area (Å²) in [6, 6.07) is 1.74. The first-order valence-corrected chi connectivity index (χ1v) is 5.46. The molecular formula is C11H16F3N3O. The summed E-state index contributed by atoms with van der Waals surface area (Å²) < 4.78 is 42.5. The number of ether oxygens (including phenoxy) is 1. The van der Waals surface area contributed by atoms with E-state index in [1.54, 1.807) is 0 Å². The number of nitrogens with two attached hydrogens (primary N) is 1. The van der Waals surface area contributed by atoms with Crippen molar-refractivity contribution in [1.82, 2.24) is 4.98 Å². The maximum absolute atomic E-state index is 12.5. The first kappa shape index (κ1) is 14.7. The Kier molecular flexibility index (Phi) is 5.36. The molecule has 1 aromatic heterocycles. The Morgan fingerprint density at radius 3 is 2.78 bits per heavy atom. The summed E-state index contributed by atoms with van der Waals surface area (Å²) in [4.78, 5) is 3.85. The quantitative estimate of drug-likeness (QED) is 0.822. The first-order chi connectivity index (χ1) is 8.47. The summed E-state index contributed by atoms with van der Waals surface area (Å²) in [5.74, 6) is 0.167. The highest BCUT2D eigenvalue weighted by Crippen LogP contribution is 2.30. The molecule has 0 amide bonds. The van der Waals surface area contributed by atoms with Gasteiger partial charge in [-0.25, -0.2) is 4.98 Å². The number of hydrogen-bond acceptors (Lipinski definition) is 4. The van der Waals surface area contributed by atoms with Gasteiger partial charge >= 0.3 is 6.18 Å². The van der Waals surface area contributed by atoms with Crippen LogP contribution in [0.4, 0.5) is 19.0 Å². The first-order valence-electron chi connectivity index (χ1n) is 5.46. The third kappa shape index (κ3) is 4.50. The van der Waals surface area contributed by atoms with E-state index in [9.17, 15) is 13.2 Å². The topological polar surface area (TPSA) is 60.2 Å². The molecule has 1 atom stereocenters. The van der Waals surface area contributed by atoms with Crippen LogP contribution in [0.2, 0.25) is 0 Å². The monoisotopic (exact) mass is 263 g/mol. The van der Waals surface area contributed by atoms with E-state index in [2.05, 4.69) is 10.3 Å². The summed E-state index contributed by atoms with van der Waals surface area (Å²) in [5.41, 5.74) is 4.68. The van der Waals surface area contributed by atoms with E-state index in [0.29, 0.717) is 19.6 Å². The Bertz CT molecular complexity index is 365. The fourth-order valence-corrected chi connectivity index (χ4v) is 1.49. The number of aromatic nitrogens is 1. The van der Waals surface area contributed by atoms with Crippen molar-refractivity contribution in [2.75, 3.05) is 25.6 Å². The maximum atomic E-state index is 12.5. The zero-order valence-electron chi connectivity index (χ0n) is 10.00. The van der Waals surface area contributed by atoms with E-state index in [1.165, 1.54) is 7.11 Å². The Morgan fingerprint density at radius 2 is 2.22 bits per heavy atom. The van der Waals surface area contributed by atoms with Crippen molar-refractivity contribution in [1.29, 1.82) is 0 Å². The van der Waals surface area contributed by atoms with Crippen LogP contribution >= 0.6 is 0 Å². The van der Waals surface area contributed by atoms with Gasteiger partial charge < -0.3 is 15.8 Å². The Morgan fingerprint density at radius 1 is 1.50 bits per heavy atom. The van der Waals surface area contributed by atoms with E-state index in [1.807, 2.05) is 0 Å². The lowest BCUT2D eigenvalue weighted by molar-refractivity contribution is -0.137. The Hall–Kier alpha value is -1.34. The second-order valence-corrected chi connectivity index (χ2v) is 3.80. The van der Waals surface area contributed by atoms with Crippen molar-refractivity contribution in [2.45, 2.75) is 18.6 Å². The van der Waals surface area contributed by atoms with Crippen LogP contribution in [0.15, 0.2) is 18.3 Å². The molecule has 0 saturated carbocycles. The van der Waals surface area contributed by atoms with E-state index in [4.69, 9.17) is 10.5 Å². The Balaban J connectivity index is 2.77. The normalized spacial score (nSPS) is 13.4. The molecule has 4 nitrogen and oxygen atoms in total. The van der Waals surface area contributed by atoms with Crippen LogP contribution in [0.3, 0.4) is 0 Å². The second-order valence-electron chi connectivity index (χ2n) is 3.80. The van der Waals surface area contributed by atoms with Crippen LogP contribution in [-0.2, 0) is 10.9 Å². The molecule has 102 valence electrons. The van der Waals surface area contributed by atoms with E-state index < -0.39 is 11.7 Å². The summed E-state index contributed by atoms with van der Waals surface area (Å²) in [6.45, 7) is 0.773. The molecule has 0 fully saturated rings. The predicted molar refractivity (Wildman–Crippen MR) is 62.2 cm³/mol. The van der Waals surface area contributed by atoms with Gasteiger partial charge in [0, 0.05) is 13.3 Å². The molecule has 0 radical (unpaired) electrons. The number of rotatable bonds is 6. The Labute approximate surface area is 103 Å². The number of hydrogen-bond donors (Lipinski definition) is 2. The number of pyridine rings is 1. The maximum Gasteiger partial charge on any atom is 0.416 e. The molecule has 1 unspecified atom stereocenters. The molecule has 1 rings (SSSR count). The van der Waals surface area contributed by atoms with Crippen LogP contribution in [-0.4, -0.2) is 31.3 Å². The summed E-state index contributed by atoms with van der Waals surface area (Å²) in [5, 5.41) is 2.88. The van der Waals surface area contributed by atoms with Crippen LogP contribution < -0.4 is 11.1 Å². The molecule has 0 aliphatic carbocycles. The average Bonchev–Trinajstić information content (AvgIpc) is 2.29. The average molecular weight is 263 g/mol. The van der Waals surface area contributed by atoms with E-state index in [-0.39, 0.29) is 11.9 Å². The van der Waals surface area contributed by atoms with Gasteiger partial charge in [-0.3, -0.25) is 0 Å². The SMILES string of the molecule is COCC(CCN)Nc1cc(C(F)(F)F)ccn1. The summed E-state index contributed by atoms with van der Waals surface area (Å²) in [6.07, 6.45) is -2.66. The van der Waals surface area contributed by atoms with Crippen LogP contribution in [0.25, 0.3) is 0 Å². The zero-order chi connectivity index (χ0) is 13.6. The van der Waals surface area contributed by atoms with Crippen molar-refractivity contribution in [3.05, 3.63) is 23.9 Å². The van der Waals surface area contributed by atoms with Gasteiger partial charge in [-0.05, 0) is 25.1 Å². The van der Waals surface area contributed by atoms with Crippen molar-refractivity contribution < 1.29 is 17.9 Å². The largest absolute Gasteiger partial charge is 0.416 e. The minimum atomic E-state index is -4.37. The number of nitrogens with one attached hydrogen (secondary N) is 1. The van der Waals surface area contributed by atoms with Gasteiger partial charge in [-0.2, -0.15) is 13.2 Å². The minimum Gasteiger partial charge on any atom is -0.383 e. The van der Waals surface area contributed by atoms with Gasteiger partial charge in [0.2, 0.25) is 0 Å². The molecule has 7 heteroatoms. The summed E-state index contributed by atoms with van der Waals surface area (Å²) >= 11 is 0. The highest BCUT2D eigenvalue weighted by atomic mass is 19.4. The molecule has 3 N–H and O–H groups in total. The summed E-state index contributed by atoms with van der Waals surface area (Å²) in [7, 11) is 1.52. The van der Waals surface area contributed by atoms with Gasteiger partial charge in [0.05, 0.1) is 18.2 Å². The second kappa shape index (κ2) is 6.55. The molecule has 0 bridgehead atoms. The van der Waals surface area contributed by atoms with E-state index >= 15 is 0 Å². The van der Waals surface area contributed by atoms with Gasteiger partial charge in [-0.15, -0.1) is 0 Å². The zero-order valence-corrected chi connectivity index (χ0v) is 10.00. The van der Waals surface area contributed by atoms with Crippen LogP contribution in [0.5, 0.6) is 0 Å². The van der Waals surface area contributed by atoms with Crippen LogP contribution in [0, 0.1) is 0 Å². The fraction of sp³-hybridized carbons (Fsp3) is 0.545. The van der Waals surface area contributed by atoms with Gasteiger partial charge in [0.1, 0.15) is 5.82 Å². The molecule has 0 aliphatic rings. The predicted octanol–water partition coefficient (Wildman–Crippen LogP) is 1.88. The van der Waals surface area contributed by atoms with Crippen LogP contribution in [0.1, 0.15) is 12.0 Å². The minimum absolute atomic E-state index is 0.156. The molecule has 1 heterocycles. The number of halogens is 3. The van der Waals surface area contributed by atoms with E-state index in [0.717, 1.165) is 18.3 Å². The lowest BCUT2D eigenvalue weighted by Gasteiger charge is -2.18. The third-order valence-electron chi connectivity index (χ3n) is 2.32. The molecule has 0 aliphatic heterocycles. The third-order valence-corrected chi connectivity index (χ3v) is 2.32. The molecule has 18 heavy (non-hydrogen) atoms.